The van der Waals surface area contributed by atoms with Crippen LogP contribution in [0.2, 0.25) is 0 Å². The Hall–Kier alpha value is 0.460. The molecule has 1 rings (SSSR count). The Morgan fingerprint density at radius 1 is 1.55 bits per heavy atom. The Labute approximate surface area is 79.8 Å². The second kappa shape index (κ2) is 6.03. The number of nitrogens with zero attached hydrogens (tertiary/aromatic N) is 1. The number of nitrogens with two attached hydrogens (primary N) is 1. The summed E-state index contributed by atoms with van der Waals surface area (Å²) in [4.78, 5) is 2.10. The standard InChI is InChI=1S/C6H14N2O.2ClH/c1-8-3-5(7)2-6(8)4-9;;/h5-6,9H,2-4,7H2,1H3;2*1H/t5-,6+;;/m1../s1. The Balaban J connectivity index is 0. The van der Waals surface area contributed by atoms with Gasteiger partial charge in [0, 0.05) is 18.6 Å². The van der Waals surface area contributed by atoms with E-state index in [4.69, 9.17) is 10.8 Å². The van der Waals surface area contributed by atoms with Gasteiger partial charge in [0.2, 0.25) is 0 Å². The van der Waals surface area contributed by atoms with Gasteiger partial charge in [0.1, 0.15) is 0 Å². The number of halogens is 2. The summed E-state index contributed by atoms with van der Waals surface area (Å²) in [6.07, 6.45) is 0.938. The molecule has 0 saturated carbocycles. The number of likely N-dealkylation sites (tertiary alicyclic amines) is 1. The minimum absolute atomic E-state index is 0. The number of hydrogen-bond acceptors (Lipinski definition) is 3. The molecule has 70 valence electrons. The fourth-order valence-corrected chi connectivity index (χ4v) is 1.34. The van der Waals surface area contributed by atoms with Gasteiger partial charge in [-0.3, -0.25) is 4.90 Å². The smallest absolute Gasteiger partial charge is 0.0587 e. The van der Waals surface area contributed by atoms with Gasteiger partial charge >= 0.3 is 0 Å². The maximum Gasteiger partial charge on any atom is 0.0587 e. The van der Waals surface area contributed by atoms with Crippen LogP contribution in [-0.2, 0) is 0 Å². The van der Waals surface area contributed by atoms with Crippen LogP contribution in [-0.4, -0.2) is 42.3 Å². The Morgan fingerprint density at radius 2 is 2.09 bits per heavy atom. The van der Waals surface area contributed by atoms with Crippen molar-refractivity contribution in [1.29, 1.82) is 0 Å². The number of aliphatic hydroxyl groups is 1. The molecule has 1 aliphatic heterocycles. The van der Waals surface area contributed by atoms with Crippen molar-refractivity contribution in [3.05, 3.63) is 0 Å². The van der Waals surface area contributed by atoms with Crippen LogP contribution < -0.4 is 5.73 Å². The van der Waals surface area contributed by atoms with Crippen molar-refractivity contribution in [3.63, 3.8) is 0 Å². The van der Waals surface area contributed by atoms with E-state index in [1.165, 1.54) is 0 Å². The van der Waals surface area contributed by atoms with Gasteiger partial charge in [0.25, 0.3) is 0 Å². The van der Waals surface area contributed by atoms with Gasteiger partial charge in [-0.05, 0) is 13.5 Å². The molecule has 1 saturated heterocycles. The molecule has 3 N–H and O–H groups in total. The zero-order chi connectivity index (χ0) is 6.85. The molecule has 0 aromatic heterocycles. The molecule has 5 heteroatoms. The summed E-state index contributed by atoms with van der Waals surface area (Å²) in [6, 6.07) is 0.576. The third kappa shape index (κ3) is 3.58. The molecule has 0 bridgehead atoms. The van der Waals surface area contributed by atoms with Crippen LogP contribution in [0.4, 0.5) is 0 Å². The molecule has 0 unspecified atom stereocenters. The van der Waals surface area contributed by atoms with Crippen LogP contribution >= 0.6 is 24.8 Å². The molecule has 0 aliphatic carbocycles. The molecule has 0 aromatic carbocycles. The van der Waals surface area contributed by atoms with Crippen molar-refractivity contribution >= 4 is 24.8 Å². The highest BCUT2D eigenvalue weighted by molar-refractivity contribution is 5.85. The molecular formula is C6H16Cl2N2O. The lowest BCUT2D eigenvalue weighted by Crippen LogP contribution is -2.28. The largest absolute Gasteiger partial charge is 0.395 e. The molecule has 0 aromatic rings. The SMILES string of the molecule is CN1C[C@H](N)C[C@H]1CO.Cl.Cl. The third-order valence-electron chi connectivity index (χ3n) is 1.93. The van der Waals surface area contributed by atoms with Crippen molar-refractivity contribution in [2.24, 2.45) is 5.73 Å². The Morgan fingerprint density at radius 3 is 2.27 bits per heavy atom. The highest BCUT2D eigenvalue weighted by Gasteiger charge is 2.25. The summed E-state index contributed by atoms with van der Waals surface area (Å²) in [5.74, 6) is 0. The van der Waals surface area contributed by atoms with Gasteiger partial charge in [0.05, 0.1) is 6.61 Å². The molecule has 2 atom stereocenters. The summed E-state index contributed by atoms with van der Waals surface area (Å²) in [6.45, 7) is 1.16. The summed E-state index contributed by atoms with van der Waals surface area (Å²) in [5.41, 5.74) is 5.64. The first-order valence-electron chi connectivity index (χ1n) is 3.30. The molecular weight excluding hydrogens is 187 g/mol. The van der Waals surface area contributed by atoms with Crippen molar-refractivity contribution in [3.8, 4) is 0 Å². The Bertz CT molecular complexity index is 105. The van der Waals surface area contributed by atoms with Crippen LogP contribution in [0.5, 0.6) is 0 Å². The second-order valence-corrected chi connectivity index (χ2v) is 2.77. The van der Waals surface area contributed by atoms with Gasteiger partial charge in [0.15, 0.2) is 0 Å². The highest BCUT2D eigenvalue weighted by Crippen LogP contribution is 2.12. The van der Waals surface area contributed by atoms with E-state index in [1.54, 1.807) is 0 Å². The van der Waals surface area contributed by atoms with Crippen LogP contribution in [0.25, 0.3) is 0 Å². The van der Waals surface area contributed by atoms with Gasteiger partial charge in [-0.1, -0.05) is 0 Å². The first kappa shape index (κ1) is 14.0. The zero-order valence-corrected chi connectivity index (χ0v) is 8.20. The van der Waals surface area contributed by atoms with Crippen molar-refractivity contribution < 1.29 is 5.11 Å². The number of likely N-dealkylation sites (N-methyl/N-ethyl adjacent to an activating group) is 1. The molecule has 1 heterocycles. The monoisotopic (exact) mass is 202 g/mol. The lowest BCUT2D eigenvalue weighted by atomic mass is 10.2. The first-order valence-corrected chi connectivity index (χ1v) is 3.30. The maximum absolute atomic E-state index is 8.76. The lowest BCUT2D eigenvalue weighted by Gasteiger charge is -2.14. The Kier molecular flexibility index (Phi) is 7.68. The quantitative estimate of drug-likeness (QED) is 0.623. The average Bonchev–Trinajstić information content (AvgIpc) is 2.10. The van der Waals surface area contributed by atoms with Crippen molar-refractivity contribution in [2.75, 3.05) is 20.2 Å². The minimum atomic E-state index is 0. The molecule has 0 spiro atoms. The number of rotatable bonds is 1. The van der Waals surface area contributed by atoms with E-state index in [9.17, 15) is 0 Å². The van der Waals surface area contributed by atoms with Gasteiger partial charge < -0.3 is 10.8 Å². The fraction of sp³-hybridized carbons (Fsp3) is 1.00. The van der Waals surface area contributed by atoms with Crippen molar-refractivity contribution in [1.82, 2.24) is 4.90 Å². The van der Waals surface area contributed by atoms with E-state index in [0.29, 0.717) is 6.04 Å². The number of hydrogen-bond donors (Lipinski definition) is 2. The summed E-state index contributed by atoms with van der Waals surface area (Å²) in [5, 5.41) is 8.76. The summed E-state index contributed by atoms with van der Waals surface area (Å²) < 4.78 is 0. The van der Waals surface area contributed by atoms with E-state index in [2.05, 4.69) is 4.90 Å². The highest BCUT2D eigenvalue weighted by atomic mass is 35.5. The normalized spacial score (nSPS) is 30.8. The minimum Gasteiger partial charge on any atom is -0.395 e. The molecule has 1 aliphatic rings. The zero-order valence-electron chi connectivity index (χ0n) is 6.56. The molecule has 0 radical (unpaired) electrons. The second-order valence-electron chi connectivity index (χ2n) is 2.77. The van der Waals surface area contributed by atoms with Crippen LogP contribution in [0.3, 0.4) is 0 Å². The fourth-order valence-electron chi connectivity index (χ4n) is 1.34. The first-order chi connectivity index (χ1) is 4.24. The summed E-state index contributed by atoms with van der Waals surface area (Å²) in [7, 11) is 1.99. The van der Waals surface area contributed by atoms with Gasteiger partial charge in [-0.25, -0.2) is 0 Å². The predicted molar refractivity (Wildman–Crippen MR) is 50.6 cm³/mol. The topological polar surface area (TPSA) is 49.5 Å². The molecule has 3 nitrogen and oxygen atoms in total. The van der Waals surface area contributed by atoms with E-state index in [0.717, 1.165) is 13.0 Å². The predicted octanol–water partition coefficient (Wildman–Crippen LogP) is -0.146. The molecule has 0 amide bonds. The third-order valence-corrected chi connectivity index (χ3v) is 1.93. The molecule has 11 heavy (non-hydrogen) atoms. The van der Waals surface area contributed by atoms with E-state index >= 15 is 0 Å². The van der Waals surface area contributed by atoms with Crippen LogP contribution in [0, 0.1) is 0 Å². The van der Waals surface area contributed by atoms with E-state index in [1.807, 2.05) is 7.05 Å². The average molecular weight is 203 g/mol. The van der Waals surface area contributed by atoms with Crippen LogP contribution in [0.15, 0.2) is 0 Å². The lowest BCUT2D eigenvalue weighted by molar-refractivity contribution is 0.182. The summed E-state index contributed by atoms with van der Waals surface area (Å²) >= 11 is 0. The van der Waals surface area contributed by atoms with Gasteiger partial charge in [-0.15, -0.1) is 24.8 Å². The van der Waals surface area contributed by atoms with Gasteiger partial charge in [-0.2, -0.15) is 0 Å². The molecule has 1 fully saturated rings. The van der Waals surface area contributed by atoms with Crippen LogP contribution in [0.1, 0.15) is 6.42 Å². The van der Waals surface area contributed by atoms with E-state index < -0.39 is 0 Å². The van der Waals surface area contributed by atoms with Crippen molar-refractivity contribution in [2.45, 2.75) is 18.5 Å². The van der Waals surface area contributed by atoms with E-state index in [-0.39, 0.29) is 37.5 Å². The number of aliphatic hydroxyl groups excluding tert-OH is 1. The maximum atomic E-state index is 8.76.